The highest BCUT2D eigenvalue weighted by Gasteiger charge is 2.16. The molecular formula is C12H15N7OS. The van der Waals surface area contributed by atoms with Crippen LogP contribution in [0.1, 0.15) is 11.3 Å². The van der Waals surface area contributed by atoms with E-state index >= 15 is 0 Å². The molecule has 0 amide bonds. The van der Waals surface area contributed by atoms with Gasteiger partial charge in [-0.1, -0.05) is 6.07 Å². The lowest BCUT2D eigenvalue weighted by Crippen LogP contribution is -2.33. The predicted molar refractivity (Wildman–Crippen MR) is 81.5 cm³/mol. The van der Waals surface area contributed by atoms with Gasteiger partial charge in [0.1, 0.15) is 5.03 Å². The number of rotatable bonds is 4. The molecule has 0 fully saturated rings. The second-order valence-corrected chi connectivity index (χ2v) is 4.60. The topological polar surface area (TPSA) is 148 Å². The Hall–Kier alpha value is -2.20. The fraction of sp³-hybridized carbons (Fsp3) is 0.0833. The molecule has 0 saturated carbocycles. The van der Waals surface area contributed by atoms with Gasteiger partial charge < -0.3 is 16.4 Å². The van der Waals surface area contributed by atoms with Gasteiger partial charge in [0.25, 0.3) is 0 Å². The van der Waals surface area contributed by atoms with Crippen LogP contribution >= 0.6 is 11.9 Å². The second-order valence-electron chi connectivity index (χ2n) is 3.97. The van der Waals surface area contributed by atoms with Crippen LogP contribution in [0.3, 0.4) is 0 Å². The van der Waals surface area contributed by atoms with Gasteiger partial charge in [-0.2, -0.15) is 5.10 Å². The van der Waals surface area contributed by atoms with E-state index in [9.17, 15) is 0 Å². The molecule has 2 heterocycles. The van der Waals surface area contributed by atoms with Gasteiger partial charge >= 0.3 is 0 Å². The van der Waals surface area contributed by atoms with Crippen molar-refractivity contribution in [3.05, 3.63) is 41.9 Å². The normalized spacial score (nSPS) is 11.5. The largest absolute Gasteiger partial charge is 0.390 e. The zero-order valence-electron chi connectivity index (χ0n) is 11.0. The minimum absolute atomic E-state index is 0.118. The summed E-state index contributed by atoms with van der Waals surface area (Å²) in [5.74, 6) is 11.1. The van der Waals surface area contributed by atoms with Gasteiger partial charge in [-0.25, -0.2) is 10.8 Å². The van der Waals surface area contributed by atoms with Crippen LogP contribution in [-0.4, -0.2) is 20.9 Å². The summed E-state index contributed by atoms with van der Waals surface area (Å²) >= 11 is 0.968. The van der Waals surface area contributed by atoms with Gasteiger partial charge in [-0.15, -0.1) is 0 Å². The van der Waals surface area contributed by atoms with E-state index in [0.717, 1.165) is 23.1 Å². The van der Waals surface area contributed by atoms with Crippen molar-refractivity contribution in [2.45, 2.75) is 11.6 Å². The molecule has 9 heteroatoms. The van der Waals surface area contributed by atoms with Crippen molar-refractivity contribution in [3.63, 3.8) is 0 Å². The van der Waals surface area contributed by atoms with Gasteiger partial charge in [-0.05, 0) is 29.6 Å². The number of aliphatic hydroxyl groups excluding tert-OH is 1. The van der Waals surface area contributed by atoms with Gasteiger partial charge in [0, 0.05) is 18.0 Å². The van der Waals surface area contributed by atoms with Gasteiger partial charge in [0.05, 0.1) is 17.9 Å². The molecule has 2 aromatic rings. The standard InChI is InChI=1S/C12H15N7OS/c13-18-11(19-14)10-9(3-4-16-12(10)21-15)7-1-2-8(6-20)17-5-7/h1-5,20H,6,13-15H2,(H,18,19). The Balaban J connectivity index is 2.61. The summed E-state index contributed by atoms with van der Waals surface area (Å²) in [4.78, 5) is 8.33. The fourth-order valence-electron chi connectivity index (χ4n) is 1.85. The van der Waals surface area contributed by atoms with Crippen LogP contribution in [0.25, 0.3) is 11.1 Å². The molecule has 0 aliphatic carbocycles. The maximum Gasteiger partial charge on any atom is 0.170 e. The lowest BCUT2D eigenvalue weighted by atomic mass is 10.0. The van der Waals surface area contributed by atoms with Crippen LogP contribution in [0.5, 0.6) is 0 Å². The maximum atomic E-state index is 9.05. The van der Waals surface area contributed by atoms with Crippen LogP contribution in [-0.2, 0) is 6.61 Å². The van der Waals surface area contributed by atoms with Crippen LogP contribution in [0.2, 0.25) is 0 Å². The number of nitrogens with two attached hydrogens (primary N) is 3. The average molecular weight is 305 g/mol. The number of pyridine rings is 2. The lowest BCUT2D eigenvalue weighted by molar-refractivity contribution is 0.277. The Kier molecular flexibility index (Phi) is 5.06. The first-order valence-electron chi connectivity index (χ1n) is 5.92. The quantitative estimate of drug-likeness (QED) is 0.170. The van der Waals surface area contributed by atoms with Crippen LogP contribution in [0.15, 0.2) is 40.7 Å². The number of amidine groups is 1. The molecule has 0 radical (unpaired) electrons. The van der Waals surface area contributed by atoms with E-state index in [1.165, 1.54) is 0 Å². The Bertz CT molecular complexity index is 645. The molecule has 2 aromatic heterocycles. The molecule has 0 saturated heterocycles. The molecular weight excluding hydrogens is 290 g/mol. The second kappa shape index (κ2) is 6.99. The highest BCUT2D eigenvalue weighted by molar-refractivity contribution is 7.97. The number of aromatic nitrogens is 2. The third-order valence-corrected chi connectivity index (χ3v) is 3.36. The Labute approximate surface area is 125 Å². The molecule has 21 heavy (non-hydrogen) atoms. The first-order valence-corrected chi connectivity index (χ1v) is 6.79. The van der Waals surface area contributed by atoms with E-state index in [1.807, 2.05) is 6.07 Å². The highest BCUT2D eigenvalue weighted by atomic mass is 32.2. The van der Waals surface area contributed by atoms with Crippen molar-refractivity contribution in [1.29, 1.82) is 0 Å². The van der Waals surface area contributed by atoms with Crippen LogP contribution in [0, 0.1) is 0 Å². The lowest BCUT2D eigenvalue weighted by Gasteiger charge is -2.13. The number of aliphatic hydroxyl groups is 1. The summed E-state index contributed by atoms with van der Waals surface area (Å²) in [6, 6.07) is 5.34. The summed E-state index contributed by atoms with van der Waals surface area (Å²) in [5, 5.41) is 18.8. The minimum atomic E-state index is -0.118. The van der Waals surface area contributed by atoms with Crippen molar-refractivity contribution >= 4 is 17.8 Å². The zero-order valence-corrected chi connectivity index (χ0v) is 11.8. The average Bonchev–Trinajstić information content (AvgIpc) is 2.56. The Morgan fingerprint density at radius 1 is 1.33 bits per heavy atom. The number of nitrogens with zero attached hydrogens (tertiary/aromatic N) is 3. The Morgan fingerprint density at radius 2 is 2.14 bits per heavy atom. The van der Waals surface area contributed by atoms with E-state index in [4.69, 9.17) is 21.9 Å². The third-order valence-electron chi connectivity index (χ3n) is 2.83. The number of hydrazone groups is 1. The first-order chi connectivity index (χ1) is 10.2. The van der Waals surface area contributed by atoms with E-state index in [-0.39, 0.29) is 12.4 Å². The highest BCUT2D eigenvalue weighted by Crippen LogP contribution is 2.28. The molecule has 0 aliphatic rings. The molecule has 0 bridgehead atoms. The molecule has 2 rings (SSSR count). The Morgan fingerprint density at radius 3 is 2.67 bits per heavy atom. The van der Waals surface area contributed by atoms with Gasteiger partial charge in [-0.3, -0.25) is 10.1 Å². The van der Waals surface area contributed by atoms with Crippen molar-refractivity contribution in [2.75, 3.05) is 0 Å². The number of nitrogens with one attached hydrogen (secondary N) is 1. The van der Waals surface area contributed by atoms with Crippen LogP contribution in [0.4, 0.5) is 0 Å². The number of hydrazine groups is 1. The predicted octanol–water partition coefficient (Wildman–Crippen LogP) is -0.315. The van der Waals surface area contributed by atoms with Crippen LogP contribution < -0.4 is 22.3 Å². The minimum Gasteiger partial charge on any atom is -0.390 e. The van der Waals surface area contributed by atoms with Gasteiger partial charge in [0.15, 0.2) is 5.84 Å². The molecule has 8 N–H and O–H groups in total. The summed E-state index contributed by atoms with van der Waals surface area (Å²) in [7, 11) is 0. The van der Waals surface area contributed by atoms with Crippen molar-refractivity contribution in [2.24, 2.45) is 21.9 Å². The molecule has 0 unspecified atom stereocenters. The summed E-state index contributed by atoms with van der Waals surface area (Å²) in [6.45, 7) is -0.118. The molecule has 0 aromatic carbocycles. The monoisotopic (exact) mass is 305 g/mol. The zero-order chi connectivity index (χ0) is 15.2. The van der Waals surface area contributed by atoms with E-state index in [2.05, 4.69) is 20.5 Å². The van der Waals surface area contributed by atoms with E-state index in [1.54, 1.807) is 24.5 Å². The number of hydrogen-bond acceptors (Lipinski definition) is 8. The smallest absolute Gasteiger partial charge is 0.170 e. The van der Waals surface area contributed by atoms with Crippen molar-refractivity contribution < 1.29 is 5.11 Å². The molecule has 0 aliphatic heterocycles. The van der Waals surface area contributed by atoms with E-state index in [0.29, 0.717) is 16.3 Å². The third kappa shape index (κ3) is 3.11. The summed E-state index contributed by atoms with van der Waals surface area (Å²) in [5.41, 5.74) is 5.18. The molecule has 0 atom stereocenters. The molecule has 8 nitrogen and oxygen atoms in total. The molecule has 110 valence electrons. The van der Waals surface area contributed by atoms with Gasteiger partial charge in [0.2, 0.25) is 0 Å². The number of hydrogen-bond donors (Lipinski definition) is 5. The SMILES string of the molecule is N/N=C(\NN)c1c(-c2ccc(CO)nc2)ccnc1SN. The fourth-order valence-corrected chi connectivity index (χ4v) is 2.30. The maximum absolute atomic E-state index is 9.05. The summed E-state index contributed by atoms with van der Waals surface area (Å²) < 4.78 is 0. The first kappa shape index (κ1) is 15.2. The van der Waals surface area contributed by atoms with Crippen molar-refractivity contribution in [3.8, 4) is 11.1 Å². The summed E-state index contributed by atoms with van der Waals surface area (Å²) in [6.07, 6.45) is 3.26. The molecule has 0 spiro atoms. The van der Waals surface area contributed by atoms with E-state index < -0.39 is 0 Å². The van der Waals surface area contributed by atoms with Crippen molar-refractivity contribution in [1.82, 2.24) is 15.4 Å².